The zero-order valence-corrected chi connectivity index (χ0v) is 13.1. The van der Waals surface area contributed by atoms with Gasteiger partial charge in [-0.2, -0.15) is 11.8 Å². The summed E-state index contributed by atoms with van der Waals surface area (Å²) in [5.41, 5.74) is 0.972. The highest BCUT2D eigenvalue weighted by Crippen LogP contribution is 2.33. The van der Waals surface area contributed by atoms with Crippen molar-refractivity contribution in [2.75, 3.05) is 44.4 Å². The minimum Gasteiger partial charge on any atom is -0.379 e. The maximum absolute atomic E-state index is 13.7. The number of hydrogen-bond acceptors (Lipinski definition) is 4. The van der Waals surface area contributed by atoms with Crippen molar-refractivity contribution in [3.05, 3.63) is 35.6 Å². The summed E-state index contributed by atoms with van der Waals surface area (Å²) in [6.45, 7) is 5.22. The fourth-order valence-corrected chi connectivity index (χ4v) is 4.68. The Hall–Kier alpha value is -0.620. The van der Waals surface area contributed by atoms with Crippen LogP contribution >= 0.6 is 11.8 Å². The van der Waals surface area contributed by atoms with Crippen molar-refractivity contribution >= 4 is 11.8 Å². The lowest BCUT2D eigenvalue weighted by atomic mass is 9.95. The fraction of sp³-hybridized carbons (Fsp3) is 0.625. The van der Waals surface area contributed by atoms with Crippen molar-refractivity contribution in [3.63, 3.8) is 0 Å². The summed E-state index contributed by atoms with van der Waals surface area (Å²) in [4.78, 5) is 2.57. The van der Waals surface area contributed by atoms with Gasteiger partial charge in [0.25, 0.3) is 0 Å². The van der Waals surface area contributed by atoms with Crippen LogP contribution < -0.4 is 5.32 Å². The molecule has 0 radical (unpaired) electrons. The Morgan fingerprint density at radius 1 is 1.29 bits per heavy atom. The smallest absolute Gasteiger partial charge is 0.127 e. The summed E-state index contributed by atoms with van der Waals surface area (Å²) in [5, 5.41) is 3.49. The average Bonchev–Trinajstić information content (AvgIpc) is 3.00. The van der Waals surface area contributed by atoms with Gasteiger partial charge in [-0.3, -0.25) is 4.90 Å². The molecule has 1 unspecified atom stereocenters. The predicted molar refractivity (Wildman–Crippen MR) is 85.2 cm³/mol. The Labute approximate surface area is 130 Å². The third-order valence-corrected chi connectivity index (χ3v) is 5.73. The summed E-state index contributed by atoms with van der Waals surface area (Å²) >= 11 is 2.03. The van der Waals surface area contributed by atoms with Crippen LogP contribution in [0.2, 0.25) is 0 Å². The molecule has 21 heavy (non-hydrogen) atoms. The van der Waals surface area contributed by atoms with E-state index < -0.39 is 0 Å². The maximum atomic E-state index is 13.7. The van der Waals surface area contributed by atoms with E-state index in [1.54, 1.807) is 6.07 Å². The van der Waals surface area contributed by atoms with E-state index in [4.69, 9.17) is 4.74 Å². The number of rotatable bonds is 5. The van der Waals surface area contributed by atoms with Gasteiger partial charge in [-0.05, 0) is 18.2 Å². The molecule has 0 aliphatic carbocycles. The van der Waals surface area contributed by atoms with Crippen LogP contribution in [0.1, 0.15) is 12.0 Å². The molecule has 2 aliphatic heterocycles. The molecule has 1 atom stereocenters. The van der Waals surface area contributed by atoms with Crippen LogP contribution in [-0.2, 0) is 11.3 Å². The molecule has 3 nitrogen and oxygen atoms in total. The van der Waals surface area contributed by atoms with E-state index >= 15 is 0 Å². The highest BCUT2D eigenvalue weighted by Gasteiger charge is 2.40. The minimum atomic E-state index is -0.119. The van der Waals surface area contributed by atoms with Crippen molar-refractivity contribution in [2.24, 2.45) is 0 Å². The van der Waals surface area contributed by atoms with E-state index in [2.05, 4.69) is 10.2 Å². The topological polar surface area (TPSA) is 24.5 Å². The van der Waals surface area contributed by atoms with Crippen molar-refractivity contribution in [1.29, 1.82) is 0 Å². The second-order valence-electron chi connectivity index (χ2n) is 5.82. The van der Waals surface area contributed by atoms with E-state index in [-0.39, 0.29) is 11.4 Å². The number of hydrogen-bond donors (Lipinski definition) is 1. The Morgan fingerprint density at radius 2 is 2.10 bits per heavy atom. The number of nitrogens with zero attached hydrogens (tertiary/aromatic N) is 1. The molecular formula is C16H23FN2OS. The molecular weight excluding hydrogens is 287 g/mol. The number of nitrogens with one attached hydrogen (secondary N) is 1. The second-order valence-corrected chi connectivity index (χ2v) is 6.93. The van der Waals surface area contributed by atoms with Gasteiger partial charge in [0.2, 0.25) is 0 Å². The number of ether oxygens (including phenoxy) is 1. The summed E-state index contributed by atoms with van der Waals surface area (Å²) in [5.74, 6) is 2.27. The van der Waals surface area contributed by atoms with E-state index in [1.165, 1.54) is 18.2 Å². The Morgan fingerprint density at radius 3 is 2.81 bits per heavy atom. The number of halogens is 1. The lowest BCUT2D eigenvalue weighted by molar-refractivity contribution is -0.0134. The normalized spacial score (nSPS) is 27.1. The first-order valence-corrected chi connectivity index (χ1v) is 8.80. The van der Waals surface area contributed by atoms with Crippen LogP contribution in [0.25, 0.3) is 0 Å². The lowest BCUT2D eigenvalue weighted by Gasteiger charge is -2.43. The van der Waals surface area contributed by atoms with Crippen LogP contribution in [-0.4, -0.2) is 54.8 Å². The molecule has 0 saturated carbocycles. The summed E-state index contributed by atoms with van der Waals surface area (Å²) in [6.07, 6.45) is 1.21. The second kappa shape index (κ2) is 7.09. The van der Waals surface area contributed by atoms with E-state index in [9.17, 15) is 4.39 Å². The van der Waals surface area contributed by atoms with Gasteiger partial charge in [-0.15, -0.1) is 0 Å². The van der Waals surface area contributed by atoms with Gasteiger partial charge in [0.1, 0.15) is 5.82 Å². The van der Waals surface area contributed by atoms with Gasteiger partial charge in [0.15, 0.2) is 0 Å². The highest BCUT2D eigenvalue weighted by atomic mass is 32.2. The van der Waals surface area contributed by atoms with Crippen molar-refractivity contribution in [1.82, 2.24) is 10.2 Å². The van der Waals surface area contributed by atoms with Crippen LogP contribution in [0.15, 0.2) is 24.3 Å². The van der Waals surface area contributed by atoms with Crippen molar-refractivity contribution < 1.29 is 9.13 Å². The van der Waals surface area contributed by atoms with Gasteiger partial charge >= 0.3 is 0 Å². The molecule has 3 rings (SSSR count). The van der Waals surface area contributed by atoms with E-state index in [0.29, 0.717) is 6.54 Å². The predicted octanol–water partition coefficient (Wildman–Crippen LogP) is 2.12. The summed E-state index contributed by atoms with van der Waals surface area (Å²) in [7, 11) is 0. The average molecular weight is 310 g/mol. The first kappa shape index (κ1) is 15.3. The highest BCUT2D eigenvalue weighted by molar-refractivity contribution is 7.99. The van der Waals surface area contributed by atoms with Gasteiger partial charge in [0.05, 0.1) is 13.2 Å². The Bertz CT molecular complexity index is 459. The standard InChI is InChI=1S/C16H23FN2OS/c17-15-4-2-1-3-14(15)11-18-12-16(5-10-21-13-16)19-6-8-20-9-7-19/h1-4,18H,5-13H2. The first-order chi connectivity index (χ1) is 10.3. The van der Waals surface area contributed by atoms with Crippen LogP contribution in [0.5, 0.6) is 0 Å². The monoisotopic (exact) mass is 310 g/mol. The van der Waals surface area contributed by atoms with Crippen molar-refractivity contribution in [3.8, 4) is 0 Å². The molecule has 116 valence electrons. The minimum absolute atomic E-state index is 0.119. The Balaban J connectivity index is 1.59. The molecule has 1 N–H and O–H groups in total. The molecule has 5 heteroatoms. The molecule has 2 aliphatic rings. The quantitative estimate of drug-likeness (QED) is 0.900. The molecule has 2 saturated heterocycles. The molecule has 1 aromatic rings. The van der Waals surface area contributed by atoms with Crippen LogP contribution in [0.3, 0.4) is 0 Å². The number of morpholine rings is 1. The summed E-state index contributed by atoms with van der Waals surface area (Å²) in [6, 6.07) is 7.01. The third-order valence-electron chi connectivity index (χ3n) is 4.49. The van der Waals surface area contributed by atoms with E-state index in [1.807, 2.05) is 23.9 Å². The zero-order valence-electron chi connectivity index (χ0n) is 12.3. The molecule has 2 fully saturated rings. The molecule has 0 amide bonds. The molecule has 2 heterocycles. The SMILES string of the molecule is Fc1ccccc1CNCC1(N2CCOCC2)CCSC1. The molecule has 0 bridgehead atoms. The van der Waals surface area contributed by atoms with E-state index in [0.717, 1.165) is 44.2 Å². The zero-order chi connectivity index (χ0) is 14.5. The Kier molecular flexibility index (Phi) is 5.16. The summed E-state index contributed by atoms with van der Waals surface area (Å²) < 4.78 is 19.1. The van der Waals surface area contributed by atoms with Crippen LogP contribution in [0.4, 0.5) is 4.39 Å². The number of thioether (sulfide) groups is 1. The van der Waals surface area contributed by atoms with Crippen molar-refractivity contribution in [2.45, 2.75) is 18.5 Å². The fourth-order valence-electron chi connectivity index (χ4n) is 3.21. The van der Waals surface area contributed by atoms with Gasteiger partial charge < -0.3 is 10.1 Å². The largest absolute Gasteiger partial charge is 0.379 e. The maximum Gasteiger partial charge on any atom is 0.127 e. The molecule has 1 aromatic carbocycles. The van der Waals surface area contributed by atoms with Gasteiger partial charge in [0, 0.05) is 43.0 Å². The molecule has 0 spiro atoms. The van der Waals surface area contributed by atoms with Gasteiger partial charge in [-0.1, -0.05) is 18.2 Å². The molecule has 0 aromatic heterocycles. The first-order valence-electron chi connectivity index (χ1n) is 7.65. The van der Waals surface area contributed by atoms with Gasteiger partial charge in [-0.25, -0.2) is 4.39 Å². The third kappa shape index (κ3) is 3.59. The lowest BCUT2D eigenvalue weighted by Crippen LogP contribution is -2.58. The van der Waals surface area contributed by atoms with Crippen LogP contribution in [0, 0.1) is 5.82 Å². The number of benzene rings is 1.